The molecule has 0 saturated heterocycles. The molecule has 0 aromatic carbocycles. The summed E-state index contributed by atoms with van der Waals surface area (Å²) < 4.78 is 0. The topological polar surface area (TPSA) is 37.3 Å². The fraction of sp³-hybridized carbons (Fsp3) is 0.889. The Balaban J connectivity index is 3.65. The molecule has 1 N–H and O–H groups in total. The Morgan fingerprint density at radius 2 is 1.83 bits per heavy atom. The summed E-state index contributed by atoms with van der Waals surface area (Å²) in [7, 11) is -1.03. The molecular weight excluding hydrogens is 168 g/mol. The molecule has 72 valence electrons. The van der Waals surface area contributed by atoms with Crippen molar-refractivity contribution in [2.24, 2.45) is 0 Å². The van der Waals surface area contributed by atoms with Gasteiger partial charge in [-0.3, -0.25) is 4.79 Å². The minimum Gasteiger partial charge on any atom is -0.481 e. The van der Waals surface area contributed by atoms with Gasteiger partial charge in [0.15, 0.2) is 0 Å². The van der Waals surface area contributed by atoms with Crippen molar-refractivity contribution in [2.75, 3.05) is 0 Å². The molecule has 0 heterocycles. The van der Waals surface area contributed by atoms with Crippen LogP contribution in [0.1, 0.15) is 26.7 Å². The van der Waals surface area contributed by atoms with Gasteiger partial charge in [0.25, 0.3) is 0 Å². The van der Waals surface area contributed by atoms with E-state index in [4.69, 9.17) is 5.11 Å². The summed E-state index contributed by atoms with van der Waals surface area (Å²) in [4.78, 5) is 10.3. The third kappa shape index (κ3) is 4.54. The zero-order valence-electron chi connectivity index (χ0n) is 8.39. The van der Waals surface area contributed by atoms with Crippen LogP contribution in [0.15, 0.2) is 0 Å². The number of carboxylic acid groups (broad SMARTS) is 1. The highest BCUT2D eigenvalue weighted by molar-refractivity contribution is 6.78. The van der Waals surface area contributed by atoms with Gasteiger partial charge < -0.3 is 5.11 Å². The van der Waals surface area contributed by atoms with E-state index in [1.807, 2.05) is 0 Å². The molecule has 0 amide bonds. The standard InChI is InChI=1S/C9H20O2Si/c1-4-12(3,5-2)8-6-7-9(10)11/h4-8H2,1-3H3,(H,10,11). The van der Waals surface area contributed by atoms with E-state index in [0.29, 0.717) is 6.42 Å². The summed E-state index contributed by atoms with van der Waals surface area (Å²) in [5, 5.41) is 8.47. The second-order valence-corrected chi connectivity index (χ2v) is 9.30. The van der Waals surface area contributed by atoms with Crippen molar-refractivity contribution in [3.63, 3.8) is 0 Å². The van der Waals surface area contributed by atoms with Crippen molar-refractivity contribution < 1.29 is 9.90 Å². The SMILES string of the molecule is CC[Si](C)(CC)CCCC(=O)O. The van der Waals surface area contributed by atoms with Crippen molar-refractivity contribution in [3.8, 4) is 0 Å². The molecule has 0 aliphatic heterocycles. The number of aliphatic carboxylic acids is 1. The Morgan fingerprint density at radius 3 is 2.17 bits per heavy atom. The second kappa shape index (κ2) is 5.35. The maximum atomic E-state index is 10.3. The molecule has 3 heteroatoms. The molecule has 0 aromatic rings. The molecule has 0 radical (unpaired) electrons. The zero-order valence-corrected chi connectivity index (χ0v) is 9.39. The van der Waals surface area contributed by atoms with Gasteiger partial charge >= 0.3 is 5.97 Å². The van der Waals surface area contributed by atoms with Gasteiger partial charge in [-0.15, -0.1) is 0 Å². The average molecular weight is 188 g/mol. The van der Waals surface area contributed by atoms with E-state index in [9.17, 15) is 4.79 Å². The average Bonchev–Trinajstić information content (AvgIpc) is 2.03. The molecule has 2 nitrogen and oxygen atoms in total. The van der Waals surface area contributed by atoms with Gasteiger partial charge in [0.2, 0.25) is 0 Å². The second-order valence-electron chi connectivity index (χ2n) is 3.77. The molecule has 12 heavy (non-hydrogen) atoms. The predicted octanol–water partition coefficient (Wildman–Crippen LogP) is 2.97. The summed E-state index contributed by atoms with van der Waals surface area (Å²) in [5.41, 5.74) is 0. The monoisotopic (exact) mass is 188 g/mol. The lowest BCUT2D eigenvalue weighted by Gasteiger charge is -2.23. The molecule has 0 atom stereocenters. The molecule has 0 unspecified atom stereocenters. The van der Waals surface area contributed by atoms with E-state index >= 15 is 0 Å². The fourth-order valence-corrected chi connectivity index (χ4v) is 3.51. The van der Waals surface area contributed by atoms with Gasteiger partial charge in [-0.25, -0.2) is 0 Å². The van der Waals surface area contributed by atoms with Gasteiger partial charge in [-0.1, -0.05) is 38.5 Å². The van der Waals surface area contributed by atoms with Crippen LogP contribution in [0.4, 0.5) is 0 Å². The van der Waals surface area contributed by atoms with E-state index < -0.39 is 14.0 Å². The number of carbonyl (C=O) groups is 1. The van der Waals surface area contributed by atoms with Crippen LogP contribution in [0.3, 0.4) is 0 Å². The molecule has 0 saturated carbocycles. The van der Waals surface area contributed by atoms with Crippen LogP contribution in [0, 0.1) is 0 Å². The largest absolute Gasteiger partial charge is 0.481 e. The first kappa shape index (κ1) is 11.7. The van der Waals surface area contributed by atoms with Gasteiger partial charge in [-0.05, 0) is 6.42 Å². The maximum Gasteiger partial charge on any atom is 0.303 e. The highest BCUT2D eigenvalue weighted by Gasteiger charge is 2.21. The number of hydrogen-bond donors (Lipinski definition) is 1. The molecule has 0 aliphatic rings. The van der Waals surface area contributed by atoms with Crippen molar-refractivity contribution in [1.82, 2.24) is 0 Å². The summed E-state index contributed by atoms with van der Waals surface area (Å²) >= 11 is 0. The van der Waals surface area contributed by atoms with Crippen LogP contribution in [-0.2, 0) is 4.79 Å². The van der Waals surface area contributed by atoms with E-state index in [0.717, 1.165) is 6.42 Å². The molecule has 0 aromatic heterocycles. The van der Waals surface area contributed by atoms with Crippen LogP contribution < -0.4 is 0 Å². The summed E-state index contributed by atoms with van der Waals surface area (Å²) in [6, 6.07) is 3.73. The first-order chi connectivity index (χ1) is 5.54. The lowest BCUT2D eigenvalue weighted by molar-refractivity contribution is -0.137. The Bertz CT molecular complexity index is 141. The number of rotatable bonds is 6. The summed E-state index contributed by atoms with van der Waals surface area (Å²) in [6.45, 7) is 6.84. The van der Waals surface area contributed by atoms with E-state index in [1.54, 1.807) is 0 Å². The Kier molecular flexibility index (Phi) is 5.21. The van der Waals surface area contributed by atoms with Crippen LogP contribution in [-0.4, -0.2) is 19.1 Å². The van der Waals surface area contributed by atoms with E-state index in [2.05, 4.69) is 20.4 Å². The van der Waals surface area contributed by atoms with Crippen LogP contribution >= 0.6 is 0 Å². The molecule has 0 aliphatic carbocycles. The Morgan fingerprint density at radius 1 is 1.33 bits per heavy atom. The maximum absolute atomic E-state index is 10.3. The number of hydrogen-bond acceptors (Lipinski definition) is 1. The molecule has 0 bridgehead atoms. The lowest BCUT2D eigenvalue weighted by atomic mass is 10.3. The van der Waals surface area contributed by atoms with Crippen molar-refractivity contribution in [3.05, 3.63) is 0 Å². The minimum absolute atomic E-state index is 0.350. The van der Waals surface area contributed by atoms with Gasteiger partial charge in [0.1, 0.15) is 0 Å². The van der Waals surface area contributed by atoms with E-state index in [-0.39, 0.29) is 0 Å². The van der Waals surface area contributed by atoms with Crippen molar-refractivity contribution in [1.29, 1.82) is 0 Å². The van der Waals surface area contributed by atoms with E-state index in [1.165, 1.54) is 18.1 Å². The highest BCUT2D eigenvalue weighted by atomic mass is 28.3. The molecule has 0 spiro atoms. The molecule has 0 fully saturated rings. The predicted molar refractivity (Wildman–Crippen MR) is 54.3 cm³/mol. The van der Waals surface area contributed by atoms with Crippen molar-refractivity contribution >= 4 is 14.0 Å². The first-order valence-corrected chi connectivity index (χ1v) is 7.88. The Labute approximate surface area is 76.0 Å². The lowest BCUT2D eigenvalue weighted by Crippen LogP contribution is -2.27. The third-order valence-corrected chi connectivity index (χ3v) is 7.85. The van der Waals surface area contributed by atoms with Crippen LogP contribution in [0.2, 0.25) is 24.7 Å². The smallest absolute Gasteiger partial charge is 0.303 e. The quantitative estimate of drug-likeness (QED) is 0.651. The third-order valence-electron chi connectivity index (χ3n) is 2.88. The summed E-state index contributed by atoms with van der Waals surface area (Å²) in [6.07, 6.45) is 1.22. The van der Waals surface area contributed by atoms with Crippen molar-refractivity contribution in [2.45, 2.75) is 51.4 Å². The normalized spacial score (nSPS) is 11.6. The molecular formula is C9H20O2Si. The van der Waals surface area contributed by atoms with Crippen LogP contribution in [0.25, 0.3) is 0 Å². The minimum atomic E-state index is -1.03. The van der Waals surface area contributed by atoms with Crippen LogP contribution in [0.5, 0.6) is 0 Å². The highest BCUT2D eigenvalue weighted by Crippen LogP contribution is 2.22. The zero-order chi connectivity index (χ0) is 9.61. The number of carboxylic acids is 1. The van der Waals surface area contributed by atoms with Gasteiger partial charge in [-0.2, -0.15) is 0 Å². The molecule has 0 rings (SSSR count). The Hall–Kier alpha value is -0.313. The summed E-state index contributed by atoms with van der Waals surface area (Å²) in [5.74, 6) is -0.654. The fourth-order valence-electron chi connectivity index (χ4n) is 1.27. The first-order valence-electron chi connectivity index (χ1n) is 4.76. The van der Waals surface area contributed by atoms with Gasteiger partial charge in [0, 0.05) is 14.5 Å². The van der Waals surface area contributed by atoms with Gasteiger partial charge in [0.05, 0.1) is 0 Å².